The van der Waals surface area contributed by atoms with E-state index in [4.69, 9.17) is 0 Å². The number of carbonyl (C=O) groups excluding carboxylic acids is 1. The van der Waals surface area contributed by atoms with Crippen molar-refractivity contribution in [2.75, 3.05) is 6.54 Å². The van der Waals surface area contributed by atoms with Gasteiger partial charge in [0.15, 0.2) is 0 Å². The maximum atomic E-state index is 13.4. The molecule has 0 aliphatic carbocycles. The van der Waals surface area contributed by atoms with Crippen molar-refractivity contribution in [1.29, 1.82) is 0 Å². The minimum absolute atomic E-state index is 0.0678. The van der Waals surface area contributed by atoms with Crippen LogP contribution in [0.1, 0.15) is 22.3 Å². The molecule has 0 unspecified atom stereocenters. The van der Waals surface area contributed by atoms with Crippen LogP contribution in [0.3, 0.4) is 0 Å². The number of sulfonamides is 1. The first-order chi connectivity index (χ1) is 16.8. The van der Waals surface area contributed by atoms with Crippen LogP contribution in [-0.4, -0.2) is 31.4 Å². The van der Waals surface area contributed by atoms with Crippen molar-refractivity contribution in [3.05, 3.63) is 113 Å². The third-order valence-electron chi connectivity index (χ3n) is 5.64. The first-order valence-corrected chi connectivity index (χ1v) is 12.7. The zero-order chi connectivity index (χ0) is 24.8. The molecule has 0 aliphatic rings. The quantitative estimate of drug-likeness (QED) is 0.288. The number of rotatable bonds is 8. The van der Waals surface area contributed by atoms with Crippen molar-refractivity contribution < 1.29 is 13.2 Å². The minimum Gasteiger partial charge on any atom is -0.272 e. The van der Waals surface area contributed by atoms with Gasteiger partial charge in [0.25, 0.3) is 5.91 Å². The molecule has 7 heteroatoms. The normalized spacial score (nSPS) is 11.9. The minimum atomic E-state index is -3.91. The fourth-order valence-corrected chi connectivity index (χ4v) is 5.22. The van der Waals surface area contributed by atoms with Crippen LogP contribution in [0.25, 0.3) is 10.8 Å². The van der Waals surface area contributed by atoms with E-state index in [-0.39, 0.29) is 18.0 Å². The molecule has 178 valence electrons. The zero-order valence-corrected chi connectivity index (χ0v) is 20.5. The molecule has 0 saturated carbocycles. The lowest BCUT2D eigenvalue weighted by Crippen LogP contribution is -2.39. The highest BCUT2D eigenvalue weighted by molar-refractivity contribution is 7.89. The number of nitrogens with zero attached hydrogens (tertiary/aromatic N) is 2. The summed E-state index contributed by atoms with van der Waals surface area (Å²) in [6.07, 6.45) is 1.57. The van der Waals surface area contributed by atoms with E-state index in [0.29, 0.717) is 0 Å². The van der Waals surface area contributed by atoms with Gasteiger partial charge in [-0.05, 0) is 42.3 Å². The molecule has 0 bridgehead atoms. The molecule has 0 saturated heterocycles. The molecule has 0 aromatic heterocycles. The van der Waals surface area contributed by atoms with E-state index in [9.17, 15) is 13.2 Å². The standard InChI is InChI=1S/C28H27N3O3S/c1-21-13-15-26(16-14-21)35(33,34)31(19-23-8-5-7-22(2)17-23)20-28(32)30-29-18-25-11-6-10-24-9-3-4-12-27(24)25/h3-18H,19-20H2,1-2H3,(H,30,32)/b29-18-. The lowest BCUT2D eigenvalue weighted by Gasteiger charge is -2.22. The van der Waals surface area contributed by atoms with Crippen LogP contribution in [0, 0.1) is 13.8 Å². The van der Waals surface area contributed by atoms with Gasteiger partial charge < -0.3 is 0 Å². The average molecular weight is 486 g/mol. The molecule has 4 aromatic carbocycles. The molecule has 0 spiro atoms. The fourth-order valence-electron chi connectivity index (χ4n) is 3.83. The van der Waals surface area contributed by atoms with Gasteiger partial charge in [0, 0.05) is 12.1 Å². The van der Waals surface area contributed by atoms with Gasteiger partial charge in [-0.2, -0.15) is 9.41 Å². The van der Waals surface area contributed by atoms with Gasteiger partial charge in [0.2, 0.25) is 10.0 Å². The summed E-state index contributed by atoms with van der Waals surface area (Å²) in [7, 11) is -3.91. The molecule has 0 radical (unpaired) electrons. The third-order valence-corrected chi connectivity index (χ3v) is 7.44. The van der Waals surface area contributed by atoms with E-state index in [1.165, 1.54) is 4.31 Å². The van der Waals surface area contributed by atoms with Gasteiger partial charge in [0.1, 0.15) is 0 Å². The number of aryl methyl sites for hydroxylation is 2. The maximum absolute atomic E-state index is 13.4. The Labute approximate surface area is 206 Å². The van der Waals surface area contributed by atoms with Gasteiger partial charge in [-0.1, -0.05) is 90.0 Å². The smallest absolute Gasteiger partial charge is 0.255 e. The highest BCUT2D eigenvalue weighted by Crippen LogP contribution is 2.20. The number of nitrogens with one attached hydrogen (secondary N) is 1. The SMILES string of the molecule is Cc1ccc(S(=O)(=O)N(CC(=O)N/N=C\c2cccc3ccccc23)Cc2cccc(C)c2)cc1. The second-order valence-corrected chi connectivity index (χ2v) is 10.4. The fraction of sp³-hybridized carbons (Fsp3) is 0.143. The average Bonchev–Trinajstić information content (AvgIpc) is 2.84. The van der Waals surface area contributed by atoms with Crippen LogP contribution in [0.2, 0.25) is 0 Å². The van der Waals surface area contributed by atoms with Crippen LogP contribution in [0.4, 0.5) is 0 Å². The van der Waals surface area contributed by atoms with Gasteiger partial charge in [-0.15, -0.1) is 0 Å². The van der Waals surface area contributed by atoms with E-state index in [1.807, 2.05) is 80.6 Å². The number of carbonyl (C=O) groups is 1. The van der Waals surface area contributed by atoms with Crippen LogP contribution < -0.4 is 5.43 Å². The van der Waals surface area contributed by atoms with Crippen LogP contribution in [-0.2, 0) is 21.4 Å². The lowest BCUT2D eigenvalue weighted by atomic mass is 10.1. The van der Waals surface area contributed by atoms with E-state index in [2.05, 4.69) is 10.5 Å². The molecule has 4 aromatic rings. The molecule has 0 atom stereocenters. The number of fused-ring (bicyclic) bond motifs is 1. The molecule has 4 rings (SSSR count). The summed E-state index contributed by atoms with van der Waals surface area (Å²) in [5.41, 5.74) is 6.10. The Morgan fingerprint density at radius 1 is 0.886 bits per heavy atom. The third kappa shape index (κ3) is 6.01. The summed E-state index contributed by atoms with van der Waals surface area (Å²) in [6, 6.07) is 27.9. The Balaban J connectivity index is 1.54. The van der Waals surface area contributed by atoms with Gasteiger partial charge in [0.05, 0.1) is 17.7 Å². The summed E-state index contributed by atoms with van der Waals surface area (Å²) in [6.45, 7) is 3.54. The van der Waals surface area contributed by atoms with E-state index >= 15 is 0 Å². The second kappa shape index (κ2) is 10.6. The number of hydrogen-bond acceptors (Lipinski definition) is 4. The summed E-state index contributed by atoms with van der Waals surface area (Å²) in [4.78, 5) is 12.9. The van der Waals surface area contributed by atoms with E-state index in [1.54, 1.807) is 30.5 Å². The van der Waals surface area contributed by atoms with Crippen molar-refractivity contribution in [3.63, 3.8) is 0 Å². The summed E-state index contributed by atoms with van der Waals surface area (Å²) < 4.78 is 28.0. The number of benzene rings is 4. The second-order valence-electron chi connectivity index (χ2n) is 8.44. The van der Waals surface area contributed by atoms with Crippen LogP contribution in [0.15, 0.2) is 101 Å². The van der Waals surface area contributed by atoms with E-state index in [0.717, 1.165) is 33.0 Å². The predicted molar refractivity (Wildman–Crippen MR) is 140 cm³/mol. The first kappa shape index (κ1) is 24.3. The molecule has 0 aliphatic heterocycles. The van der Waals surface area contributed by atoms with Gasteiger partial charge >= 0.3 is 0 Å². The maximum Gasteiger partial charge on any atom is 0.255 e. The van der Waals surface area contributed by atoms with Crippen LogP contribution >= 0.6 is 0 Å². The van der Waals surface area contributed by atoms with Gasteiger partial charge in [-0.25, -0.2) is 13.8 Å². The predicted octanol–water partition coefficient (Wildman–Crippen LogP) is 4.80. The highest BCUT2D eigenvalue weighted by atomic mass is 32.2. The molecule has 1 N–H and O–H groups in total. The Bertz CT molecular complexity index is 1470. The van der Waals surface area contributed by atoms with Crippen LogP contribution in [0.5, 0.6) is 0 Å². The van der Waals surface area contributed by atoms with Crippen molar-refractivity contribution in [3.8, 4) is 0 Å². The first-order valence-electron chi connectivity index (χ1n) is 11.2. The van der Waals surface area contributed by atoms with Crippen molar-refractivity contribution >= 4 is 32.9 Å². The van der Waals surface area contributed by atoms with Crippen molar-refractivity contribution in [2.45, 2.75) is 25.3 Å². The number of hydrazone groups is 1. The molecule has 0 fully saturated rings. The topological polar surface area (TPSA) is 78.8 Å². The molecule has 0 heterocycles. The number of hydrogen-bond donors (Lipinski definition) is 1. The molecule has 1 amide bonds. The molecule has 35 heavy (non-hydrogen) atoms. The molecular formula is C28H27N3O3S. The summed E-state index contributed by atoms with van der Waals surface area (Å²) in [5, 5.41) is 6.16. The van der Waals surface area contributed by atoms with Crippen molar-refractivity contribution in [1.82, 2.24) is 9.73 Å². The van der Waals surface area contributed by atoms with E-state index < -0.39 is 15.9 Å². The van der Waals surface area contributed by atoms with Crippen molar-refractivity contribution in [2.24, 2.45) is 5.10 Å². The zero-order valence-electron chi connectivity index (χ0n) is 19.7. The summed E-state index contributed by atoms with van der Waals surface area (Å²) in [5.74, 6) is -0.523. The largest absolute Gasteiger partial charge is 0.272 e. The summed E-state index contributed by atoms with van der Waals surface area (Å²) >= 11 is 0. The monoisotopic (exact) mass is 485 g/mol. The molecular weight excluding hydrogens is 458 g/mol. The Morgan fingerprint density at radius 2 is 1.60 bits per heavy atom. The van der Waals surface area contributed by atoms with Gasteiger partial charge in [-0.3, -0.25) is 4.79 Å². The Kier molecular flexibility index (Phi) is 7.39. The number of amides is 1. The Hall–Kier alpha value is -3.81. The molecule has 6 nitrogen and oxygen atoms in total. The Morgan fingerprint density at radius 3 is 2.37 bits per heavy atom. The highest BCUT2D eigenvalue weighted by Gasteiger charge is 2.27. The lowest BCUT2D eigenvalue weighted by molar-refractivity contribution is -0.121.